The highest BCUT2D eigenvalue weighted by Gasteiger charge is 2.53. The van der Waals surface area contributed by atoms with Gasteiger partial charge in [-0.3, -0.25) is 4.79 Å². The molecule has 0 aliphatic carbocycles. The molecule has 0 radical (unpaired) electrons. The standard InChI is InChI=1S/C16H14F3N5O2/c1-8-20-21-13-9-4-2-3-5-10(9)14(22-24(8)13)23-6-11(15(25)26)12(7-23)16(17,18)19/h2-5,11-12H,6-7H2,1H3,(H,25,26)/t11-,12-/m1/s1. The number of nitrogens with zero attached hydrogens (tertiary/aromatic N) is 5. The summed E-state index contributed by atoms with van der Waals surface area (Å²) in [6, 6.07) is 7.06. The molecule has 0 saturated carbocycles. The van der Waals surface area contributed by atoms with E-state index < -0.39 is 30.5 Å². The second kappa shape index (κ2) is 5.55. The van der Waals surface area contributed by atoms with E-state index in [4.69, 9.17) is 0 Å². The second-order valence-electron chi connectivity index (χ2n) is 6.35. The first kappa shape index (κ1) is 16.6. The first-order valence-electron chi connectivity index (χ1n) is 7.92. The van der Waals surface area contributed by atoms with Gasteiger partial charge in [0.15, 0.2) is 17.3 Å². The van der Waals surface area contributed by atoms with Gasteiger partial charge in [-0.15, -0.1) is 15.3 Å². The lowest BCUT2D eigenvalue weighted by atomic mass is 9.96. The van der Waals surface area contributed by atoms with Gasteiger partial charge in [0, 0.05) is 23.9 Å². The van der Waals surface area contributed by atoms with Crippen molar-refractivity contribution in [2.45, 2.75) is 13.1 Å². The number of halogens is 3. The molecule has 1 aliphatic heterocycles. The van der Waals surface area contributed by atoms with Crippen LogP contribution in [0.5, 0.6) is 0 Å². The van der Waals surface area contributed by atoms with Crippen molar-refractivity contribution in [2.24, 2.45) is 11.8 Å². The molecule has 0 bridgehead atoms. The van der Waals surface area contributed by atoms with Gasteiger partial charge in [0.25, 0.3) is 0 Å². The molecule has 4 rings (SSSR count). The molecule has 7 nitrogen and oxygen atoms in total. The Morgan fingerprint density at radius 1 is 1.19 bits per heavy atom. The van der Waals surface area contributed by atoms with Crippen LogP contribution >= 0.6 is 0 Å². The second-order valence-corrected chi connectivity index (χ2v) is 6.35. The molecule has 1 aromatic carbocycles. The number of hydrogen-bond acceptors (Lipinski definition) is 5. The van der Waals surface area contributed by atoms with E-state index in [1.165, 1.54) is 9.42 Å². The van der Waals surface area contributed by atoms with Crippen LogP contribution in [0.15, 0.2) is 24.3 Å². The lowest BCUT2D eigenvalue weighted by molar-refractivity contribution is -0.187. The lowest BCUT2D eigenvalue weighted by Gasteiger charge is -2.20. The van der Waals surface area contributed by atoms with Gasteiger partial charge in [0.2, 0.25) is 0 Å². The number of aryl methyl sites for hydroxylation is 1. The Labute approximate surface area is 145 Å². The highest BCUT2D eigenvalue weighted by molar-refractivity contribution is 6.00. The normalized spacial score (nSPS) is 21.0. The molecule has 26 heavy (non-hydrogen) atoms. The van der Waals surface area contributed by atoms with Crippen LogP contribution in [0, 0.1) is 18.8 Å². The summed E-state index contributed by atoms with van der Waals surface area (Å²) in [5, 5.41) is 23.0. The highest BCUT2D eigenvalue weighted by Crippen LogP contribution is 2.40. The van der Waals surface area contributed by atoms with Crippen LogP contribution < -0.4 is 4.90 Å². The smallest absolute Gasteiger partial charge is 0.394 e. The van der Waals surface area contributed by atoms with E-state index >= 15 is 0 Å². The summed E-state index contributed by atoms with van der Waals surface area (Å²) in [5.41, 5.74) is 0.503. The Hall–Kier alpha value is -2.91. The Kier molecular flexibility index (Phi) is 3.53. The molecule has 1 aliphatic rings. The quantitative estimate of drug-likeness (QED) is 0.750. The SMILES string of the molecule is Cc1nnc2c3ccccc3c(N3C[C@@H](C(F)(F)F)[C@H](C(=O)O)C3)nn12. The first-order chi connectivity index (χ1) is 12.3. The van der Waals surface area contributed by atoms with Crippen molar-refractivity contribution in [3.05, 3.63) is 30.1 Å². The maximum absolute atomic E-state index is 13.3. The van der Waals surface area contributed by atoms with Crippen LogP contribution in [0.4, 0.5) is 19.0 Å². The minimum Gasteiger partial charge on any atom is -0.481 e. The van der Waals surface area contributed by atoms with Gasteiger partial charge in [0.05, 0.1) is 11.8 Å². The Morgan fingerprint density at radius 3 is 2.50 bits per heavy atom. The summed E-state index contributed by atoms with van der Waals surface area (Å²) in [6.45, 7) is 0.974. The molecule has 136 valence electrons. The number of hydrogen-bond donors (Lipinski definition) is 1. The predicted octanol–water partition coefficient (Wildman–Crippen LogP) is 2.29. The van der Waals surface area contributed by atoms with Crippen LogP contribution in [0.25, 0.3) is 16.4 Å². The molecular formula is C16H14F3N5O2. The third-order valence-electron chi connectivity index (χ3n) is 4.76. The van der Waals surface area contributed by atoms with E-state index in [0.717, 1.165) is 0 Å². The topological polar surface area (TPSA) is 83.6 Å². The predicted molar refractivity (Wildman–Crippen MR) is 85.9 cm³/mol. The number of carboxylic acids is 1. The van der Waals surface area contributed by atoms with Gasteiger partial charge in [-0.25, -0.2) is 0 Å². The maximum atomic E-state index is 13.3. The van der Waals surface area contributed by atoms with Gasteiger partial charge in [-0.2, -0.15) is 17.7 Å². The number of benzene rings is 1. The molecule has 0 spiro atoms. The van der Waals surface area contributed by atoms with Gasteiger partial charge in [0.1, 0.15) is 0 Å². The highest BCUT2D eigenvalue weighted by atomic mass is 19.4. The number of aliphatic carboxylic acids is 1. The number of rotatable bonds is 2. The number of alkyl halides is 3. The third kappa shape index (κ3) is 2.44. The zero-order valence-electron chi connectivity index (χ0n) is 13.6. The molecule has 10 heteroatoms. The van der Waals surface area contributed by atoms with Crippen molar-refractivity contribution in [1.82, 2.24) is 19.8 Å². The van der Waals surface area contributed by atoms with Crippen molar-refractivity contribution in [2.75, 3.05) is 18.0 Å². The summed E-state index contributed by atoms with van der Waals surface area (Å²) in [6.07, 6.45) is -4.59. The minimum atomic E-state index is -4.59. The van der Waals surface area contributed by atoms with E-state index in [1.54, 1.807) is 31.2 Å². The van der Waals surface area contributed by atoms with Crippen LogP contribution in [-0.2, 0) is 4.79 Å². The number of anilines is 1. The van der Waals surface area contributed by atoms with Crippen LogP contribution in [0.1, 0.15) is 5.82 Å². The fraction of sp³-hybridized carbons (Fsp3) is 0.375. The third-order valence-corrected chi connectivity index (χ3v) is 4.76. The van der Waals surface area contributed by atoms with Crippen molar-refractivity contribution >= 4 is 28.2 Å². The van der Waals surface area contributed by atoms with Gasteiger partial charge in [-0.05, 0) is 6.92 Å². The van der Waals surface area contributed by atoms with E-state index in [2.05, 4.69) is 15.3 Å². The molecule has 2 atom stereocenters. The largest absolute Gasteiger partial charge is 0.481 e. The van der Waals surface area contributed by atoms with E-state index in [9.17, 15) is 23.1 Å². The van der Waals surface area contributed by atoms with Gasteiger partial charge < -0.3 is 10.0 Å². The van der Waals surface area contributed by atoms with E-state index in [-0.39, 0.29) is 6.54 Å². The fourth-order valence-corrected chi connectivity index (χ4v) is 3.46. The molecule has 0 unspecified atom stereocenters. The zero-order chi connectivity index (χ0) is 18.6. The average Bonchev–Trinajstić information content (AvgIpc) is 3.18. The number of aromatic nitrogens is 4. The Balaban J connectivity index is 1.88. The van der Waals surface area contributed by atoms with Crippen LogP contribution in [-0.4, -0.2) is 50.2 Å². The molecule has 1 N–H and O–H groups in total. The van der Waals surface area contributed by atoms with Crippen LogP contribution in [0.2, 0.25) is 0 Å². The summed E-state index contributed by atoms with van der Waals surface area (Å²) in [5.74, 6) is -4.14. The van der Waals surface area contributed by atoms with E-state index in [1.807, 2.05) is 0 Å². The van der Waals surface area contributed by atoms with Crippen molar-refractivity contribution in [3.8, 4) is 0 Å². The lowest BCUT2D eigenvalue weighted by Crippen LogP contribution is -2.33. The van der Waals surface area contributed by atoms with Gasteiger partial charge >= 0.3 is 12.1 Å². The van der Waals surface area contributed by atoms with Crippen LogP contribution in [0.3, 0.4) is 0 Å². The summed E-state index contributed by atoms with van der Waals surface area (Å²) in [7, 11) is 0. The van der Waals surface area contributed by atoms with Gasteiger partial charge in [-0.1, -0.05) is 24.3 Å². The molecule has 1 fully saturated rings. The number of carbonyl (C=O) groups is 1. The molecular weight excluding hydrogens is 351 g/mol. The molecule has 3 heterocycles. The zero-order valence-corrected chi connectivity index (χ0v) is 13.6. The Bertz CT molecular complexity index is 1020. The molecule has 2 aromatic heterocycles. The van der Waals surface area contributed by atoms with Crippen molar-refractivity contribution in [3.63, 3.8) is 0 Å². The monoisotopic (exact) mass is 365 g/mol. The first-order valence-corrected chi connectivity index (χ1v) is 7.92. The molecule has 1 saturated heterocycles. The summed E-state index contributed by atoms with van der Waals surface area (Å²) in [4.78, 5) is 12.7. The Morgan fingerprint density at radius 2 is 1.88 bits per heavy atom. The average molecular weight is 365 g/mol. The van der Waals surface area contributed by atoms with Crippen molar-refractivity contribution in [1.29, 1.82) is 0 Å². The minimum absolute atomic E-state index is 0.261. The summed E-state index contributed by atoms with van der Waals surface area (Å²) < 4.78 is 41.4. The number of fused-ring (bicyclic) bond motifs is 3. The summed E-state index contributed by atoms with van der Waals surface area (Å²) >= 11 is 0. The van der Waals surface area contributed by atoms with Crippen molar-refractivity contribution < 1.29 is 23.1 Å². The molecule has 0 amide bonds. The molecule has 3 aromatic rings. The maximum Gasteiger partial charge on any atom is 0.394 e. The number of carboxylic acid groups (broad SMARTS) is 1. The fourth-order valence-electron chi connectivity index (χ4n) is 3.46. The van der Waals surface area contributed by atoms with E-state index in [0.29, 0.717) is 28.1 Å².